The first-order valence-corrected chi connectivity index (χ1v) is 15.5. The monoisotopic (exact) mass is 596 g/mol. The Morgan fingerprint density at radius 3 is 2.19 bits per heavy atom. The summed E-state index contributed by atoms with van der Waals surface area (Å²) in [5.41, 5.74) is 2.85. The second-order valence-corrected chi connectivity index (χ2v) is 12.6. The lowest BCUT2D eigenvalue weighted by molar-refractivity contribution is -0.0511. The second-order valence-electron chi connectivity index (χ2n) is 10.8. The lowest BCUT2D eigenvalue weighted by Gasteiger charge is -2.20. The number of imidazole rings is 1. The predicted molar refractivity (Wildman–Crippen MR) is 157 cm³/mol. The Morgan fingerprint density at radius 1 is 0.976 bits per heavy atom. The third kappa shape index (κ3) is 6.61. The van der Waals surface area contributed by atoms with Crippen LogP contribution in [-0.2, 0) is 21.3 Å². The van der Waals surface area contributed by atoms with Crippen LogP contribution >= 0.6 is 0 Å². The molecule has 0 amide bonds. The molecule has 224 valence electrons. The van der Waals surface area contributed by atoms with Crippen LogP contribution in [-0.4, -0.2) is 80.5 Å². The maximum atomic E-state index is 12.6. The van der Waals surface area contributed by atoms with Gasteiger partial charge in [0.05, 0.1) is 25.2 Å². The molecule has 1 fully saturated rings. The molecule has 5 N–H and O–H groups in total. The van der Waals surface area contributed by atoms with Crippen molar-refractivity contribution in [1.82, 2.24) is 24.2 Å². The van der Waals surface area contributed by atoms with Gasteiger partial charge in [0.15, 0.2) is 23.2 Å². The molecule has 0 spiro atoms. The molecule has 0 radical (unpaired) electrons. The van der Waals surface area contributed by atoms with E-state index in [-0.39, 0.29) is 35.6 Å². The van der Waals surface area contributed by atoms with Crippen molar-refractivity contribution in [2.24, 2.45) is 5.92 Å². The summed E-state index contributed by atoms with van der Waals surface area (Å²) < 4.78 is 34.9. The number of anilines is 1. The normalized spacial score (nSPS) is 21.0. The molecule has 12 nitrogen and oxygen atoms in total. The topological polar surface area (TPSA) is 172 Å². The van der Waals surface area contributed by atoms with Gasteiger partial charge in [-0.3, -0.25) is 4.57 Å². The van der Waals surface area contributed by atoms with E-state index in [1.54, 1.807) is 0 Å². The maximum Gasteiger partial charge on any atom is 0.212 e. The highest BCUT2D eigenvalue weighted by molar-refractivity contribution is 7.89. The number of fused-ring (bicyclic) bond motifs is 1. The molecule has 13 heteroatoms. The van der Waals surface area contributed by atoms with Crippen molar-refractivity contribution < 1.29 is 28.5 Å². The summed E-state index contributed by atoms with van der Waals surface area (Å²) in [7, 11) is -3.58. The van der Waals surface area contributed by atoms with Gasteiger partial charge in [-0.15, -0.1) is 0 Å². The molecule has 4 atom stereocenters. The number of aromatic nitrogens is 4. The standard InChI is InChI=1S/C29H36N6O6S/c1-18(2)16-42(39,40)32-14-23-33-27(30-13-21(19-9-5-3-6-10-19)20-11-7-4-8-12-20)24-28(34-23)35(17-31-24)29-26(38)25(37)22(15-36)41-29/h3-12,17-18,21-22,25-26,29,32,36-38H,13-16H2,1-2H3,(H,30,33,34)/t22?,25?,26-,29-/m1/s1. The van der Waals surface area contributed by atoms with E-state index < -0.39 is 41.2 Å². The van der Waals surface area contributed by atoms with Crippen molar-refractivity contribution >= 4 is 27.0 Å². The van der Waals surface area contributed by atoms with E-state index in [9.17, 15) is 23.7 Å². The molecular weight excluding hydrogens is 560 g/mol. The van der Waals surface area contributed by atoms with E-state index in [1.807, 2.05) is 50.2 Å². The molecule has 0 saturated carbocycles. The summed E-state index contributed by atoms with van der Waals surface area (Å²) in [4.78, 5) is 13.7. The van der Waals surface area contributed by atoms with Crippen LogP contribution < -0.4 is 10.0 Å². The molecule has 4 aromatic rings. The quantitative estimate of drug-likeness (QED) is 0.162. The summed E-state index contributed by atoms with van der Waals surface area (Å²) in [6, 6.07) is 20.1. The van der Waals surface area contributed by atoms with Crippen LogP contribution in [0.4, 0.5) is 5.82 Å². The van der Waals surface area contributed by atoms with Gasteiger partial charge in [0.1, 0.15) is 24.1 Å². The highest BCUT2D eigenvalue weighted by Gasteiger charge is 2.44. The maximum absolute atomic E-state index is 12.6. The van der Waals surface area contributed by atoms with Gasteiger partial charge in [-0.05, 0) is 17.0 Å². The summed E-state index contributed by atoms with van der Waals surface area (Å²) in [6.45, 7) is 3.44. The minimum absolute atomic E-state index is 0.0343. The fraction of sp³-hybridized carbons (Fsp3) is 0.414. The van der Waals surface area contributed by atoms with Crippen molar-refractivity contribution in [1.29, 1.82) is 0 Å². The van der Waals surface area contributed by atoms with Crippen molar-refractivity contribution in [3.63, 3.8) is 0 Å². The molecule has 0 aliphatic carbocycles. The van der Waals surface area contributed by atoms with E-state index in [4.69, 9.17) is 4.74 Å². The Kier molecular flexibility index (Phi) is 9.16. The summed E-state index contributed by atoms with van der Waals surface area (Å²) in [6.07, 6.45) is -3.29. The number of sulfonamides is 1. The van der Waals surface area contributed by atoms with Gasteiger partial charge in [-0.2, -0.15) is 0 Å². The molecule has 1 aliphatic rings. The molecular formula is C29H36N6O6S. The Hall–Kier alpha value is -3.46. The molecule has 2 aromatic heterocycles. The number of nitrogens with zero attached hydrogens (tertiary/aromatic N) is 4. The van der Waals surface area contributed by atoms with Crippen molar-refractivity contribution in [2.75, 3.05) is 24.2 Å². The van der Waals surface area contributed by atoms with Crippen molar-refractivity contribution in [3.8, 4) is 0 Å². The molecule has 2 aromatic carbocycles. The highest BCUT2D eigenvalue weighted by Crippen LogP contribution is 2.33. The molecule has 5 rings (SSSR count). The number of ether oxygens (including phenoxy) is 1. The molecule has 1 aliphatic heterocycles. The van der Waals surface area contributed by atoms with E-state index in [2.05, 4.69) is 49.3 Å². The number of rotatable bonds is 12. The lowest BCUT2D eigenvalue weighted by Crippen LogP contribution is -2.33. The Morgan fingerprint density at radius 2 is 1.62 bits per heavy atom. The van der Waals surface area contributed by atoms with Crippen LogP contribution in [0.15, 0.2) is 67.0 Å². The zero-order chi connectivity index (χ0) is 29.9. The van der Waals surface area contributed by atoms with Crippen molar-refractivity contribution in [3.05, 3.63) is 83.9 Å². The molecule has 2 unspecified atom stereocenters. The van der Waals surface area contributed by atoms with Gasteiger partial charge < -0.3 is 25.4 Å². The zero-order valence-corrected chi connectivity index (χ0v) is 24.2. The zero-order valence-electron chi connectivity index (χ0n) is 23.4. The van der Waals surface area contributed by atoms with Crippen LogP contribution in [0.3, 0.4) is 0 Å². The summed E-state index contributed by atoms with van der Waals surface area (Å²) >= 11 is 0. The van der Waals surface area contributed by atoms with Crippen molar-refractivity contribution in [2.45, 2.75) is 50.8 Å². The fourth-order valence-electron chi connectivity index (χ4n) is 5.13. The fourth-order valence-corrected chi connectivity index (χ4v) is 6.47. The van der Waals surface area contributed by atoms with Gasteiger partial charge in [0, 0.05) is 12.5 Å². The minimum Gasteiger partial charge on any atom is -0.394 e. The Bertz CT molecular complexity index is 1540. The van der Waals surface area contributed by atoms with E-state index in [1.165, 1.54) is 10.9 Å². The van der Waals surface area contributed by atoms with Gasteiger partial charge in [0.25, 0.3) is 0 Å². The molecule has 3 heterocycles. The summed E-state index contributed by atoms with van der Waals surface area (Å²) in [5, 5.41) is 34.0. The van der Waals surface area contributed by atoms with E-state index >= 15 is 0 Å². The number of aliphatic hydroxyl groups excluding tert-OH is 3. The van der Waals surface area contributed by atoms with Crippen LogP contribution in [0.2, 0.25) is 0 Å². The Balaban J connectivity index is 1.51. The van der Waals surface area contributed by atoms with E-state index in [0.29, 0.717) is 17.9 Å². The average molecular weight is 597 g/mol. The van der Waals surface area contributed by atoms with Gasteiger partial charge >= 0.3 is 0 Å². The Labute approximate surface area is 244 Å². The van der Waals surface area contributed by atoms with Crippen LogP contribution in [0.1, 0.15) is 42.9 Å². The van der Waals surface area contributed by atoms with Gasteiger partial charge in [-0.1, -0.05) is 74.5 Å². The first kappa shape index (κ1) is 30.0. The van der Waals surface area contributed by atoms with Gasteiger partial charge in [-0.25, -0.2) is 28.1 Å². The number of hydrogen-bond donors (Lipinski definition) is 5. The minimum atomic E-state index is -3.58. The molecule has 42 heavy (non-hydrogen) atoms. The first-order chi connectivity index (χ1) is 20.2. The average Bonchev–Trinajstić information content (AvgIpc) is 3.52. The molecule has 0 bridgehead atoms. The third-order valence-corrected chi connectivity index (χ3v) is 8.83. The largest absolute Gasteiger partial charge is 0.394 e. The van der Waals surface area contributed by atoms with Crippen LogP contribution in [0.5, 0.6) is 0 Å². The highest BCUT2D eigenvalue weighted by atomic mass is 32.2. The van der Waals surface area contributed by atoms with Gasteiger partial charge in [0.2, 0.25) is 10.0 Å². The first-order valence-electron chi connectivity index (χ1n) is 13.8. The SMILES string of the molecule is CC(C)CS(=O)(=O)NCc1nc(NCC(c2ccccc2)c2ccccc2)c2ncn([C@@H]3OC(CO)C(O)[C@H]3O)c2n1. The molecule has 1 saturated heterocycles. The number of hydrogen-bond acceptors (Lipinski definition) is 10. The number of aliphatic hydroxyl groups is 3. The number of benzene rings is 2. The second kappa shape index (κ2) is 12.8. The van der Waals surface area contributed by atoms with Crippen LogP contribution in [0, 0.1) is 5.92 Å². The smallest absolute Gasteiger partial charge is 0.212 e. The number of nitrogens with one attached hydrogen (secondary N) is 2. The lowest BCUT2D eigenvalue weighted by atomic mass is 9.91. The van der Waals surface area contributed by atoms with E-state index in [0.717, 1.165) is 11.1 Å². The third-order valence-electron chi connectivity index (χ3n) is 7.14. The predicted octanol–water partition coefficient (Wildman–Crippen LogP) is 1.76. The summed E-state index contributed by atoms with van der Waals surface area (Å²) in [5.74, 6) is 0.413. The van der Waals surface area contributed by atoms with Crippen LogP contribution in [0.25, 0.3) is 11.2 Å².